The Morgan fingerprint density at radius 3 is 2.65 bits per heavy atom. The van der Waals surface area contributed by atoms with Crippen LogP contribution in [-0.2, 0) is 4.79 Å². The van der Waals surface area contributed by atoms with Gasteiger partial charge in [-0.3, -0.25) is 14.6 Å². The predicted octanol–water partition coefficient (Wildman–Crippen LogP) is 0.106. The Morgan fingerprint density at radius 1 is 1.10 bits per heavy atom. The molecule has 0 aromatic heterocycles. The van der Waals surface area contributed by atoms with Gasteiger partial charge in [-0.05, 0) is 32.2 Å². The number of likely N-dealkylation sites (tertiary alicyclic amines) is 1. The molecule has 0 spiro atoms. The second kappa shape index (κ2) is 6.41. The van der Waals surface area contributed by atoms with Crippen LogP contribution < -0.4 is 5.73 Å². The Hall–Kier alpha value is -0.650. The molecule has 3 fully saturated rings. The molecule has 2 atom stereocenters. The predicted molar refractivity (Wildman–Crippen MR) is 79.4 cm³/mol. The maximum Gasteiger partial charge on any atom is 0.224 e. The van der Waals surface area contributed by atoms with Gasteiger partial charge in [-0.15, -0.1) is 0 Å². The minimum Gasteiger partial charge on any atom is -0.343 e. The number of rotatable bonds is 4. The van der Waals surface area contributed by atoms with E-state index in [1.165, 1.54) is 32.2 Å². The molecule has 1 amide bonds. The number of nitrogens with zero attached hydrogens (tertiary/aromatic N) is 3. The van der Waals surface area contributed by atoms with E-state index in [4.69, 9.17) is 5.73 Å². The lowest BCUT2D eigenvalue weighted by Gasteiger charge is -2.41. The van der Waals surface area contributed by atoms with Gasteiger partial charge in [-0.2, -0.15) is 0 Å². The Bertz CT molecular complexity index is 343. The van der Waals surface area contributed by atoms with Crippen molar-refractivity contribution in [3.8, 4) is 0 Å². The van der Waals surface area contributed by atoms with Crippen LogP contribution in [-0.4, -0.2) is 78.5 Å². The zero-order valence-electron chi connectivity index (χ0n) is 12.5. The molecule has 2 unspecified atom stereocenters. The van der Waals surface area contributed by atoms with Crippen molar-refractivity contribution >= 4 is 5.91 Å². The Balaban J connectivity index is 1.54. The number of piperazine rings is 1. The summed E-state index contributed by atoms with van der Waals surface area (Å²) in [5.41, 5.74) is 5.96. The van der Waals surface area contributed by atoms with E-state index in [2.05, 4.69) is 9.80 Å². The van der Waals surface area contributed by atoms with Crippen LogP contribution in [0.1, 0.15) is 32.1 Å². The summed E-state index contributed by atoms with van der Waals surface area (Å²) in [6.07, 6.45) is 5.59. The average molecular weight is 280 g/mol. The van der Waals surface area contributed by atoms with Gasteiger partial charge >= 0.3 is 0 Å². The monoisotopic (exact) mass is 280 g/mol. The number of hydrogen-bond acceptors (Lipinski definition) is 4. The standard InChI is InChI=1S/C15H28N4O/c16-11-14(10-15(20)18-5-1-2-6-18)19-9-8-17-7-3-4-13(17)12-19/h13-14H,1-12,16H2. The van der Waals surface area contributed by atoms with Crippen LogP contribution in [0.4, 0.5) is 0 Å². The van der Waals surface area contributed by atoms with Crippen molar-refractivity contribution in [3.63, 3.8) is 0 Å². The zero-order valence-corrected chi connectivity index (χ0v) is 12.5. The van der Waals surface area contributed by atoms with Crippen molar-refractivity contribution in [2.75, 3.05) is 45.8 Å². The third-order valence-corrected chi connectivity index (χ3v) is 5.28. The van der Waals surface area contributed by atoms with Crippen molar-refractivity contribution < 1.29 is 4.79 Å². The number of fused-ring (bicyclic) bond motifs is 1. The van der Waals surface area contributed by atoms with Crippen LogP contribution in [0.15, 0.2) is 0 Å². The Labute approximate surface area is 122 Å². The summed E-state index contributed by atoms with van der Waals surface area (Å²) in [6.45, 7) is 7.10. The van der Waals surface area contributed by atoms with Crippen molar-refractivity contribution in [3.05, 3.63) is 0 Å². The molecule has 3 aliphatic heterocycles. The summed E-state index contributed by atoms with van der Waals surface area (Å²) in [7, 11) is 0. The van der Waals surface area contributed by atoms with E-state index in [0.29, 0.717) is 24.9 Å². The van der Waals surface area contributed by atoms with E-state index in [1.54, 1.807) is 0 Å². The third-order valence-electron chi connectivity index (χ3n) is 5.28. The SMILES string of the molecule is NCC(CC(=O)N1CCCC1)N1CCN2CCCC2C1. The molecule has 3 rings (SSSR count). The van der Waals surface area contributed by atoms with E-state index < -0.39 is 0 Å². The first-order chi connectivity index (χ1) is 9.78. The molecule has 3 saturated heterocycles. The van der Waals surface area contributed by atoms with Crippen LogP contribution >= 0.6 is 0 Å². The number of hydrogen-bond donors (Lipinski definition) is 1. The fourth-order valence-electron chi connectivity index (χ4n) is 4.01. The highest BCUT2D eigenvalue weighted by Crippen LogP contribution is 2.23. The van der Waals surface area contributed by atoms with Crippen LogP contribution in [0.2, 0.25) is 0 Å². The maximum absolute atomic E-state index is 12.3. The Morgan fingerprint density at radius 2 is 1.90 bits per heavy atom. The minimum atomic E-state index is 0.242. The van der Waals surface area contributed by atoms with Gasteiger partial charge in [0, 0.05) is 57.8 Å². The van der Waals surface area contributed by atoms with Gasteiger partial charge in [0.05, 0.1) is 0 Å². The largest absolute Gasteiger partial charge is 0.343 e. The lowest BCUT2D eigenvalue weighted by molar-refractivity contribution is -0.131. The third kappa shape index (κ3) is 3.00. The van der Waals surface area contributed by atoms with Crippen LogP contribution in [0, 0.1) is 0 Å². The van der Waals surface area contributed by atoms with E-state index in [9.17, 15) is 4.79 Å². The molecule has 5 nitrogen and oxygen atoms in total. The molecular formula is C15H28N4O. The summed E-state index contributed by atoms with van der Waals surface area (Å²) in [4.78, 5) is 19.4. The molecule has 2 N–H and O–H groups in total. The number of carbonyl (C=O) groups is 1. The van der Waals surface area contributed by atoms with E-state index >= 15 is 0 Å². The molecule has 0 radical (unpaired) electrons. The number of amides is 1. The second-order valence-corrected chi connectivity index (χ2v) is 6.51. The van der Waals surface area contributed by atoms with Gasteiger partial charge in [0.2, 0.25) is 5.91 Å². The lowest BCUT2D eigenvalue weighted by atomic mass is 10.1. The van der Waals surface area contributed by atoms with Gasteiger partial charge in [0.1, 0.15) is 0 Å². The van der Waals surface area contributed by atoms with Crippen molar-refractivity contribution in [1.82, 2.24) is 14.7 Å². The van der Waals surface area contributed by atoms with Gasteiger partial charge in [0.25, 0.3) is 0 Å². The minimum absolute atomic E-state index is 0.242. The molecule has 0 aromatic carbocycles. The molecule has 20 heavy (non-hydrogen) atoms. The normalized spacial score (nSPS) is 29.6. The molecular weight excluding hydrogens is 252 g/mol. The van der Waals surface area contributed by atoms with Gasteiger partial charge in [-0.25, -0.2) is 0 Å². The van der Waals surface area contributed by atoms with E-state index in [0.717, 1.165) is 32.7 Å². The quantitative estimate of drug-likeness (QED) is 0.794. The average Bonchev–Trinajstić information content (AvgIpc) is 3.14. The van der Waals surface area contributed by atoms with Crippen LogP contribution in [0.25, 0.3) is 0 Å². The fraction of sp³-hybridized carbons (Fsp3) is 0.933. The van der Waals surface area contributed by atoms with Crippen molar-refractivity contribution in [2.45, 2.75) is 44.2 Å². The highest BCUT2D eigenvalue weighted by Gasteiger charge is 2.34. The second-order valence-electron chi connectivity index (χ2n) is 6.51. The molecule has 0 aromatic rings. The molecule has 5 heteroatoms. The van der Waals surface area contributed by atoms with Crippen LogP contribution in [0.5, 0.6) is 0 Å². The lowest BCUT2D eigenvalue weighted by Crippen LogP contribution is -2.56. The van der Waals surface area contributed by atoms with Gasteiger partial charge < -0.3 is 10.6 Å². The van der Waals surface area contributed by atoms with E-state index in [-0.39, 0.29) is 6.04 Å². The van der Waals surface area contributed by atoms with Gasteiger partial charge in [0.15, 0.2) is 0 Å². The highest BCUT2D eigenvalue weighted by atomic mass is 16.2. The first-order valence-corrected chi connectivity index (χ1v) is 8.24. The summed E-state index contributed by atoms with van der Waals surface area (Å²) in [5.74, 6) is 0.312. The van der Waals surface area contributed by atoms with Gasteiger partial charge in [-0.1, -0.05) is 0 Å². The van der Waals surface area contributed by atoms with Crippen LogP contribution in [0.3, 0.4) is 0 Å². The summed E-state index contributed by atoms with van der Waals surface area (Å²) in [5, 5.41) is 0. The molecule has 0 bridgehead atoms. The topological polar surface area (TPSA) is 52.8 Å². The number of carbonyl (C=O) groups excluding carboxylic acids is 1. The fourth-order valence-corrected chi connectivity index (χ4v) is 4.01. The first-order valence-electron chi connectivity index (χ1n) is 8.24. The zero-order chi connectivity index (χ0) is 13.9. The summed E-state index contributed by atoms with van der Waals surface area (Å²) >= 11 is 0. The molecule has 3 heterocycles. The van der Waals surface area contributed by atoms with Crippen molar-refractivity contribution in [1.29, 1.82) is 0 Å². The maximum atomic E-state index is 12.3. The number of nitrogens with two attached hydrogens (primary N) is 1. The van der Waals surface area contributed by atoms with E-state index in [1.807, 2.05) is 4.90 Å². The highest BCUT2D eigenvalue weighted by molar-refractivity contribution is 5.77. The molecule has 3 aliphatic rings. The summed E-state index contributed by atoms with van der Waals surface area (Å²) in [6, 6.07) is 0.950. The molecule has 114 valence electrons. The first kappa shape index (κ1) is 14.3. The Kier molecular flexibility index (Phi) is 4.58. The smallest absolute Gasteiger partial charge is 0.224 e. The molecule has 0 aliphatic carbocycles. The molecule has 0 saturated carbocycles. The summed E-state index contributed by atoms with van der Waals surface area (Å²) < 4.78 is 0. The van der Waals surface area contributed by atoms with Crippen molar-refractivity contribution in [2.24, 2.45) is 5.73 Å².